The number of rotatable bonds is 2. The predicted octanol–water partition coefficient (Wildman–Crippen LogP) is -1.64. The van der Waals surface area contributed by atoms with Crippen molar-refractivity contribution in [2.24, 2.45) is 0 Å². The number of aliphatic hydroxyl groups excluding tert-OH is 2. The number of aromatic nitrogens is 2. The van der Waals surface area contributed by atoms with E-state index in [1.165, 1.54) is 13.8 Å². The van der Waals surface area contributed by atoms with Crippen LogP contribution in [0.4, 0.5) is 10.2 Å². The minimum atomic E-state index is -2.22. The predicted molar refractivity (Wildman–Crippen MR) is 72.9 cm³/mol. The lowest BCUT2D eigenvalue weighted by Gasteiger charge is -2.26. The lowest BCUT2D eigenvalue weighted by atomic mass is 9.93. The van der Waals surface area contributed by atoms with E-state index < -0.39 is 47.5 Å². The van der Waals surface area contributed by atoms with Gasteiger partial charge in [0, 0.05) is 0 Å². The number of anilines is 1. The average Bonchev–Trinajstić information content (AvgIpc) is 2.68. The van der Waals surface area contributed by atoms with E-state index in [1.807, 2.05) is 0 Å². The van der Waals surface area contributed by atoms with Crippen LogP contribution in [0.15, 0.2) is 11.0 Å². The van der Waals surface area contributed by atoms with Gasteiger partial charge < -0.3 is 25.8 Å². The van der Waals surface area contributed by atoms with Crippen LogP contribution in [-0.4, -0.2) is 48.8 Å². The number of hydrogen-bond donors (Lipinski definition) is 4. The second kappa shape index (κ2) is 5.66. The van der Waals surface area contributed by atoms with Gasteiger partial charge in [0.2, 0.25) is 0 Å². The molecule has 0 bridgehead atoms. The zero-order valence-corrected chi connectivity index (χ0v) is 11.9. The number of halogens is 1. The summed E-state index contributed by atoms with van der Waals surface area (Å²) in [5, 5.41) is 30.4. The molecule has 1 saturated heterocycles. The van der Waals surface area contributed by atoms with Gasteiger partial charge in [0.25, 0.3) is 0 Å². The highest BCUT2D eigenvalue weighted by molar-refractivity contribution is 5.28. The summed E-state index contributed by atoms with van der Waals surface area (Å²) in [4.78, 5) is 15.1. The highest BCUT2D eigenvalue weighted by Crippen LogP contribution is 2.38. The summed E-state index contributed by atoms with van der Waals surface area (Å²) in [6, 6.07) is 0. The lowest BCUT2D eigenvalue weighted by molar-refractivity contribution is -0.0886. The molecule has 1 aliphatic heterocycles. The van der Waals surface area contributed by atoms with Crippen molar-refractivity contribution in [1.29, 1.82) is 0 Å². The first-order chi connectivity index (χ1) is 10.2. The van der Waals surface area contributed by atoms with Crippen LogP contribution in [0.5, 0.6) is 0 Å². The Balaban J connectivity index is 2.59. The van der Waals surface area contributed by atoms with E-state index in [0.717, 1.165) is 0 Å². The van der Waals surface area contributed by atoms with Gasteiger partial charge in [0.15, 0.2) is 23.5 Å². The molecule has 1 aromatic heterocycles. The molecule has 2 heterocycles. The molecular weight excluding hydrogens is 297 g/mol. The highest BCUT2D eigenvalue weighted by Gasteiger charge is 2.57. The number of nitrogens with zero attached hydrogens (tertiary/aromatic N) is 2. The third-order valence-corrected chi connectivity index (χ3v) is 3.41. The SMILES string of the molecule is CC#C[C@@]1(O)C(O)[C@@H]([C@@H](C)O)O[C@H]1n1cc(F)c(N)nc1=O. The third kappa shape index (κ3) is 2.46. The van der Waals surface area contributed by atoms with Crippen LogP contribution in [0.3, 0.4) is 0 Å². The number of aliphatic hydroxyl groups is 3. The molecule has 0 aromatic carbocycles. The summed E-state index contributed by atoms with van der Waals surface area (Å²) in [5.41, 5.74) is 1.99. The van der Waals surface area contributed by atoms with Crippen LogP contribution in [0.2, 0.25) is 0 Å². The number of nitrogen functional groups attached to an aromatic ring is 1. The summed E-state index contributed by atoms with van der Waals surface area (Å²) in [6.07, 6.45) is -4.84. The van der Waals surface area contributed by atoms with Gasteiger partial charge in [-0.1, -0.05) is 5.92 Å². The fourth-order valence-electron chi connectivity index (χ4n) is 2.34. The standard InChI is InChI=1S/C13H16FN3O5/c1-3-4-13(21)9(19)8(6(2)18)22-11(13)17-5-7(14)10(15)16-12(17)20/h5-6,8-9,11,18-19,21H,1-2H3,(H2,15,16,20)/t6-,8-,9?,11-,13-/m1/s1. The average molecular weight is 313 g/mol. The molecule has 120 valence electrons. The first kappa shape index (κ1) is 16.4. The Hall–Kier alpha value is -1.99. The van der Waals surface area contributed by atoms with E-state index in [0.29, 0.717) is 10.8 Å². The molecule has 1 aliphatic rings. The molecule has 1 aromatic rings. The van der Waals surface area contributed by atoms with Gasteiger partial charge >= 0.3 is 5.69 Å². The minimum Gasteiger partial charge on any atom is -0.391 e. The summed E-state index contributed by atoms with van der Waals surface area (Å²) in [5.74, 6) is 3.16. The maximum Gasteiger partial charge on any atom is 0.351 e. The van der Waals surface area contributed by atoms with Crippen molar-refractivity contribution in [2.75, 3.05) is 5.73 Å². The molecule has 22 heavy (non-hydrogen) atoms. The second-order valence-corrected chi connectivity index (χ2v) is 5.00. The van der Waals surface area contributed by atoms with Gasteiger partial charge in [-0.3, -0.25) is 4.57 Å². The largest absolute Gasteiger partial charge is 0.391 e. The van der Waals surface area contributed by atoms with E-state index >= 15 is 0 Å². The molecule has 0 aliphatic carbocycles. The third-order valence-electron chi connectivity index (χ3n) is 3.41. The van der Waals surface area contributed by atoms with Crippen molar-refractivity contribution >= 4 is 5.82 Å². The molecule has 0 amide bonds. The Morgan fingerprint density at radius 1 is 1.64 bits per heavy atom. The van der Waals surface area contributed by atoms with Gasteiger partial charge in [-0.2, -0.15) is 4.98 Å². The number of ether oxygens (including phenoxy) is 1. The van der Waals surface area contributed by atoms with Crippen LogP contribution in [0.1, 0.15) is 20.1 Å². The second-order valence-electron chi connectivity index (χ2n) is 5.00. The molecule has 0 spiro atoms. The van der Waals surface area contributed by atoms with Gasteiger partial charge in [-0.25, -0.2) is 9.18 Å². The van der Waals surface area contributed by atoms with E-state index in [1.54, 1.807) is 0 Å². The minimum absolute atomic E-state index is 0.600. The van der Waals surface area contributed by atoms with Crippen molar-refractivity contribution in [1.82, 2.24) is 9.55 Å². The maximum absolute atomic E-state index is 13.6. The fourth-order valence-corrected chi connectivity index (χ4v) is 2.34. The van der Waals surface area contributed by atoms with E-state index in [9.17, 15) is 24.5 Å². The molecule has 1 fully saturated rings. The van der Waals surface area contributed by atoms with Gasteiger partial charge in [-0.15, -0.1) is 5.92 Å². The normalized spacial score (nSPS) is 32.4. The van der Waals surface area contributed by atoms with Crippen molar-refractivity contribution in [3.8, 4) is 11.8 Å². The molecule has 5 atom stereocenters. The molecular formula is C13H16FN3O5. The van der Waals surface area contributed by atoms with Crippen molar-refractivity contribution < 1.29 is 24.4 Å². The lowest BCUT2D eigenvalue weighted by Crippen LogP contribution is -2.48. The molecule has 0 radical (unpaired) electrons. The van der Waals surface area contributed by atoms with Crippen molar-refractivity contribution in [2.45, 2.75) is 44.0 Å². The molecule has 9 heteroatoms. The summed E-state index contributed by atoms with van der Waals surface area (Å²) in [7, 11) is 0. The van der Waals surface area contributed by atoms with E-state index in [-0.39, 0.29) is 0 Å². The van der Waals surface area contributed by atoms with Crippen LogP contribution in [-0.2, 0) is 4.74 Å². The smallest absolute Gasteiger partial charge is 0.351 e. The first-order valence-corrected chi connectivity index (χ1v) is 6.44. The molecule has 8 nitrogen and oxygen atoms in total. The molecule has 2 rings (SSSR count). The quantitative estimate of drug-likeness (QED) is 0.482. The van der Waals surface area contributed by atoms with Crippen molar-refractivity contribution in [3.63, 3.8) is 0 Å². The monoisotopic (exact) mass is 313 g/mol. The van der Waals surface area contributed by atoms with Crippen LogP contribution in [0.25, 0.3) is 0 Å². The van der Waals surface area contributed by atoms with E-state index in [4.69, 9.17) is 10.5 Å². The number of hydrogen-bond acceptors (Lipinski definition) is 7. The van der Waals surface area contributed by atoms with Gasteiger partial charge in [0.1, 0.15) is 12.2 Å². The first-order valence-electron chi connectivity index (χ1n) is 6.44. The van der Waals surface area contributed by atoms with Crippen LogP contribution < -0.4 is 11.4 Å². The fraction of sp³-hybridized carbons (Fsp3) is 0.538. The maximum atomic E-state index is 13.6. The van der Waals surface area contributed by atoms with Gasteiger partial charge in [0.05, 0.1) is 12.3 Å². The Bertz CT molecular complexity index is 695. The van der Waals surface area contributed by atoms with Crippen LogP contribution >= 0.6 is 0 Å². The topological polar surface area (TPSA) is 131 Å². The Kier molecular flexibility index (Phi) is 4.21. The zero-order chi connectivity index (χ0) is 16.7. The molecule has 5 N–H and O–H groups in total. The molecule has 0 saturated carbocycles. The Morgan fingerprint density at radius 3 is 2.82 bits per heavy atom. The zero-order valence-electron chi connectivity index (χ0n) is 11.9. The summed E-state index contributed by atoms with van der Waals surface area (Å²) in [6.45, 7) is 2.74. The Labute approximate surface area is 125 Å². The van der Waals surface area contributed by atoms with Crippen molar-refractivity contribution in [3.05, 3.63) is 22.5 Å². The highest BCUT2D eigenvalue weighted by atomic mass is 19.1. The van der Waals surface area contributed by atoms with Gasteiger partial charge in [-0.05, 0) is 13.8 Å². The number of nitrogens with two attached hydrogens (primary N) is 1. The Morgan fingerprint density at radius 2 is 2.27 bits per heavy atom. The molecule has 1 unspecified atom stereocenters. The van der Waals surface area contributed by atoms with E-state index in [2.05, 4.69) is 16.8 Å². The summed E-state index contributed by atoms with van der Waals surface area (Å²) < 4.78 is 19.5. The summed E-state index contributed by atoms with van der Waals surface area (Å²) >= 11 is 0. The van der Waals surface area contributed by atoms with Crippen LogP contribution in [0, 0.1) is 17.7 Å².